The maximum atomic E-state index is 6.30. The van der Waals surface area contributed by atoms with Gasteiger partial charge in [-0.15, -0.1) is 0 Å². The maximum absolute atomic E-state index is 6.30. The van der Waals surface area contributed by atoms with Gasteiger partial charge in [0, 0.05) is 14.2 Å². The second-order valence-corrected chi connectivity index (χ2v) is 9.25. The van der Waals surface area contributed by atoms with Crippen molar-refractivity contribution < 1.29 is 18.9 Å². The first-order chi connectivity index (χ1) is 13.4. The molecule has 0 radical (unpaired) electrons. The van der Waals surface area contributed by atoms with Gasteiger partial charge in [0.15, 0.2) is 0 Å². The summed E-state index contributed by atoms with van der Waals surface area (Å²) in [5, 5.41) is 0. The van der Waals surface area contributed by atoms with Gasteiger partial charge in [0.1, 0.15) is 13.6 Å². The molecule has 2 bridgehead atoms. The van der Waals surface area contributed by atoms with E-state index in [9.17, 15) is 0 Å². The zero-order valence-electron chi connectivity index (χ0n) is 19.0. The van der Waals surface area contributed by atoms with E-state index in [1.54, 1.807) is 14.2 Å². The van der Waals surface area contributed by atoms with E-state index in [2.05, 4.69) is 39.8 Å². The van der Waals surface area contributed by atoms with E-state index < -0.39 is 0 Å². The third kappa shape index (κ3) is 6.41. The summed E-state index contributed by atoms with van der Waals surface area (Å²) >= 11 is 0. The molecule has 0 aromatic heterocycles. The van der Waals surface area contributed by atoms with Crippen molar-refractivity contribution in [2.45, 2.75) is 84.8 Å². The summed E-state index contributed by atoms with van der Waals surface area (Å²) in [5.74, 6) is 1.06. The molecule has 3 rings (SSSR count). The highest BCUT2D eigenvalue weighted by Crippen LogP contribution is 2.49. The first kappa shape index (κ1) is 23.6. The van der Waals surface area contributed by atoms with Crippen LogP contribution in [0.2, 0.25) is 0 Å². The van der Waals surface area contributed by atoms with Crippen LogP contribution < -0.4 is 0 Å². The van der Waals surface area contributed by atoms with Crippen LogP contribution in [0.1, 0.15) is 72.6 Å². The van der Waals surface area contributed by atoms with E-state index in [4.69, 9.17) is 18.9 Å². The minimum absolute atomic E-state index is 0.0183. The highest BCUT2D eigenvalue weighted by molar-refractivity contribution is 5.07. The van der Waals surface area contributed by atoms with Crippen molar-refractivity contribution >= 4 is 0 Å². The molecule has 4 nitrogen and oxygen atoms in total. The lowest BCUT2D eigenvalue weighted by atomic mass is 9.60. The molecule has 1 fully saturated rings. The number of methoxy groups -OCH3 is 2. The largest absolute Gasteiger partial charge is 0.359 e. The summed E-state index contributed by atoms with van der Waals surface area (Å²) in [6, 6.07) is 0. The van der Waals surface area contributed by atoms with Crippen molar-refractivity contribution in [3.8, 4) is 0 Å². The van der Waals surface area contributed by atoms with Crippen LogP contribution >= 0.6 is 0 Å². The summed E-state index contributed by atoms with van der Waals surface area (Å²) in [6.45, 7) is 9.92. The van der Waals surface area contributed by atoms with Crippen LogP contribution in [-0.4, -0.2) is 40.0 Å². The second kappa shape index (κ2) is 11.5. The molecule has 162 valence electrons. The fraction of sp³-hybridized carbons (Fsp3) is 0.833. The minimum atomic E-state index is 0.0183. The molecule has 0 aromatic rings. The summed E-state index contributed by atoms with van der Waals surface area (Å²) in [7, 11) is 3.38. The van der Waals surface area contributed by atoms with E-state index in [1.165, 1.54) is 11.1 Å². The van der Waals surface area contributed by atoms with Gasteiger partial charge in [-0.05, 0) is 76.0 Å². The highest BCUT2D eigenvalue weighted by atomic mass is 16.7. The van der Waals surface area contributed by atoms with E-state index in [-0.39, 0.29) is 17.6 Å². The van der Waals surface area contributed by atoms with Crippen LogP contribution in [0.15, 0.2) is 23.3 Å². The first-order valence-electron chi connectivity index (χ1n) is 10.9. The van der Waals surface area contributed by atoms with Crippen molar-refractivity contribution in [2.75, 3.05) is 27.8 Å². The molecule has 3 aliphatic rings. The van der Waals surface area contributed by atoms with Crippen molar-refractivity contribution in [2.24, 2.45) is 17.3 Å². The molecule has 0 spiro atoms. The lowest BCUT2D eigenvalue weighted by Gasteiger charge is -2.51. The van der Waals surface area contributed by atoms with E-state index in [1.807, 2.05) is 0 Å². The lowest BCUT2D eigenvalue weighted by molar-refractivity contribution is -0.231. The molecule has 0 heterocycles. The monoisotopic (exact) mass is 394 g/mol. The Kier molecular flexibility index (Phi) is 9.68. The maximum Gasteiger partial charge on any atom is 0.146 e. The third-order valence-corrected chi connectivity index (χ3v) is 6.78. The van der Waals surface area contributed by atoms with Crippen LogP contribution in [0.5, 0.6) is 0 Å². The number of allylic oxidation sites excluding steroid dienone is 4. The third-order valence-electron chi connectivity index (χ3n) is 6.78. The number of ether oxygens (including phenoxy) is 4. The van der Waals surface area contributed by atoms with Crippen LogP contribution in [0.25, 0.3) is 0 Å². The molecule has 0 aromatic carbocycles. The summed E-state index contributed by atoms with van der Waals surface area (Å²) < 4.78 is 23.2. The van der Waals surface area contributed by atoms with Gasteiger partial charge < -0.3 is 18.9 Å². The van der Waals surface area contributed by atoms with E-state index in [0.717, 1.165) is 44.9 Å². The molecule has 0 aliphatic heterocycles. The molecule has 0 N–H and O–H groups in total. The fourth-order valence-corrected chi connectivity index (χ4v) is 5.23. The molecule has 4 heteroatoms. The molecule has 0 saturated heterocycles. The Morgan fingerprint density at radius 3 is 2.32 bits per heavy atom. The summed E-state index contributed by atoms with van der Waals surface area (Å²) in [4.78, 5) is 0. The first-order valence-corrected chi connectivity index (χ1v) is 10.9. The van der Waals surface area contributed by atoms with E-state index >= 15 is 0 Å². The lowest BCUT2D eigenvalue weighted by Crippen LogP contribution is -2.55. The Morgan fingerprint density at radius 2 is 1.61 bits per heavy atom. The Hall–Kier alpha value is -0.680. The van der Waals surface area contributed by atoms with Gasteiger partial charge >= 0.3 is 0 Å². The zero-order valence-corrected chi connectivity index (χ0v) is 19.0. The van der Waals surface area contributed by atoms with Gasteiger partial charge in [0.2, 0.25) is 0 Å². The van der Waals surface area contributed by atoms with Gasteiger partial charge in [-0.2, -0.15) is 0 Å². The van der Waals surface area contributed by atoms with Crippen LogP contribution in [0, 0.1) is 17.3 Å². The number of rotatable bonds is 6. The molecular weight excluding hydrogens is 352 g/mol. The fourth-order valence-electron chi connectivity index (χ4n) is 5.23. The Balaban J connectivity index is 2.35. The van der Waals surface area contributed by atoms with Crippen molar-refractivity contribution in [1.29, 1.82) is 0 Å². The molecule has 1 saturated carbocycles. The summed E-state index contributed by atoms with van der Waals surface area (Å²) in [5.41, 5.74) is 3.05. The van der Waals surface area contributed by atoms with Gasteiger partial charge in [-0.3, -0.25) is 0 Å². The Bertz CT molecular complexity index is 527. The quantitative estimate of drug-likeness (QED) is 0.417. The van der Waals surface area contributed by atoms with E-state index in [0.29, 0.717) is 25.4 Å². The number of fused-ring (bicyclic) bond motifs is 9. The molecule has 5 atom stereocenters. The predicted molar refractivity (Wildman–Crippen MR) is 114 cm³/mol. The Morgan fingerprint density at radius 1 is 0.964 bits per heavy atom. The smallest absolute Gasteiger partial charge is 0.146 e. The Labute approximate surface area is 172 Å². The molecule has 0 amide bonds. The normalized spacial score (nSPS) is 38.9. The van der Waals surface area contributed by atoms with Crippen LogP contribution in [-0.2, 0) is 18.9 Å². The van der Waals surface area contributed by atoms with Gasteiger partial charge in [-0.25, -0.2) is 0 Å². The second-order valence-electron chi connectivity index (χ2n) is 9.25. The average molecular weight is 395 g/mol. The standard InChI is InChI=1S/C24H42O4/c1-18-9-7-10-19(2)12-13-21-20(3)15-24(4,14-8-11-18)23(28-17-26-6)22(21)27-16-25-5/h10-11,20-23H,7-9,12-17H2,1-6H3/b18-11-,19-10-/t20-,21+,22+,23+,24+/m1/s1. The average Bonchev–Trinajstić information content (AvgIpc) is 2.64. The summed E-state index contributed by atoms with van der Waals surface area (Å²) in [6.07, 6.45) is 12.8. The van der Waals surface area contributed by atoms with Crippen LogP contribution in [0.3, 0.4) is 0 Å². The zero-order chi connectivity index (χ0) is 20.6. The molecule has 0 unspecified atom stereocenters. The van der Waals surface area contributed by atoms with Crippen LogP contribution in [0.4, 0.5) is 0 Å². The van der Waals surface area contributed by atoms with Gasteiger partial charge in [-0.1, -0.05) is 37.1 Å². The van der Waals surface area contributed by atoms with Gasteiger partial charge in [0.05, 0.1) is 12.2 Å². The van der Waals surface area contributed by atoms with Crippen molar-refractivity contribution in [3.05, 3.63) is 23.3 Å². The number of hydrogen-bond donors (Lipinski definition) is 0. The van der Waals surface area contributed by atoms with Crippen molar-refractivity contribution in [1.82, 2.24) is 0 Å². The molecular formula is C24H42O4. The van der Waals surface area contributed by atoms with Crippen molar-refractivity contribution in [3.63, 3.8) is 0 Å². The van der Waals surface area contributed by atoms with Gasteiger partial charge in [0.25, 0.3) is 0 Å². The SMILES string of the molecule is COCO[C@H]1[C@H]2CC/C(C)=C\CC/C(C)=C\CC[C@@](C)(C[C@H]2C)[C@H]1OCOC. The minimum Gasteiger partial charge on any atom is -0.359 e. The highest BCUT2D eigenvalue weighted by Gasteiger charge is 2.50. The molecule has 3 aliphatic carbocycles. The topological polar surface area (TPSA) is 36.9 Å². The molecule has 28 heavy (non-hydrogen) atoms. The number of hydrogen-bond acceptors (Lipinski definition) is 4. The predicted octanol–water partition coefficient (Wildman–Crippen LogP) is 5.87.